The van der Waals surface area contributed by atoms with Crippen molar-refractivity contribution >= 4 is 51.8 Å². The van der Waals surface area contributed by atoms with E-state index in [-0.39, 0.29) is 47.1 Å². The van der Waals surface area contributed by atoms with E-state index >= 15 is 0 Å². The summed E-state index contributed by atoms with van der Waals surface area (Å²) in [4.78, 5) is 26.9. The molecule has 0 saturated carbocycles. The van der Waals surface area contributed by atoms with Crippen LogP contribution in [0.1, 0.15) is 27.0 Å². The molecule has 0 bridgehead atoms. The van der Waals surface area contributed by atoms with Crippen molar-refractivity contribution in [1.29, 1.82) is 5.26 Å². The number of carboxylic acids is 1. The van der Waals surface area contributed by atoms with Crippen molar-refractivity contribution in [1.82, 2.24) is 8.75 Å². The van der Waals surface area contributed by atoms with Gasteiger partial charge in [-0.1, -0.05) is 18.2 Å². The van der Waals surface area contributed by atoms with E-state index in [0.717, 1.165) is 16.6 Å². The van der Waals surface area contributed by atoms with Gasteiger partial charge in [0.15, 0.2) is 5.78 Å². The maximum Gasteiger partial charge on any atom is 1.00 e. The molecule has 0 saturated heterocycles. The number of rotatable bonds is 7. The van der Waals surface area contributed by atoms with Gasteiger partial charge in [0.05, 0.1) is 29.3 Å². The largest absolute Gasteiger partial charge is 1.00 e. The van der Waals surface area contributed by atoms with Crippen molar-refractivity contribution in [3.05, 3.63) is 94.6 Å². The van der Waals surface area contributed by atoms with E-state index in [9.17, 15) is 14.7 Å². The zero-order valence-electron chi connectivity index (χ0n) is 18.4. The molecule has 1 aromatic heterocycles. The van der Waals surface area contributed by atoms with Crippen molar-refractivity contribution in [2.75, 3.05) is 6.26 Å². The molecule has 0 aliphatic rings. The maximum absolute atomic E-state index is 13.6. The molecule has 0 unspecified atom stereocenters. The molecule has 9 heteroatoms. The Labute approximate surface area is 227 Å². The van der Waals surface area contributed by atoms with Gasteiger partial charge >= 0.3 is 29.6 Å². The van der Waals surface area contributed by atoms with Gasteiger partial charge in [-0.15, -0.1) is 11.8 Å². The molecule has 0 fully saturated rings. The molecule has 0 radical (unpaired) electrons. The smallest absolute Gasteiger partial charge is 0.545 e. The van der Waals surface area contributed by atoms with E-state index in [1.807, 2.05) is 18.4 Å². The number of aromatic nitrogens is 2. The predicted octanol–water partition coefficient (Wildman–Crippen LogP) is 0.918. The van der Waals surface area contributed by atoms with Gasteiger partial charge in [-0.3, -0.25) is 4.79 Å². The van der Waals surface area contributed by atoms with Crippen LogP contribution in [-0.2, 0) is 11.2 Å². The second kappa shape index (κ2) is 11.6. The summed E-state index contributed by atoms with van der Waals surface area (Å²) in [6, 6.07) is 20.7. The summed E-state index contributed by atoms with van der Waals surface area (Å²) in [7, 11) is 0. The number of hydrogen-bond donors (Lipinski definition) is 0. The minimum Gasteiger partial charge on any atom is -0.545 e. The molecule has 3 aromatic carbocycles. The monoisotopic (exact) mass is 493 g/mol. The summed E-state index contributed by atoms with van der Waals surface area (Å²) in [5.74, 6) is -1.85. The van der Waals surface area contributed by atoms with Crippen molar-refractivity contribution in [2.24, 2.45) is 0 Å². The Kier molecular flexibility index (Phi) is 8.78. The van der Waals surface area contributed by atoms with Gasteiger partial charge in [0, 0.05) is 28.0 Å². The van der Waals surface area contributed by atoms with Crippen LogP contribution in [-0.4, -0.2) is 26.8 Å². The average molecular weight is 494 g/mol. The SMILES string of the molecule is CSc1ccc(C(=O)C(Cc2ccc(C#N)cc2)=C(C(=O)[O-])c2ccc3nsnc3c2)cc1.[Na+]. The number of fused-ring (bicyclic) bond motifs is 1. The summed E-state index contributed by atoms with van der Waals surface area (Å²) in [6.45, 7) is 0. The van der Waals surface area contributed by atoms with E-state index in [4.69, 9.17) is 5.26 Å². The molecule has 0 spiro atoms. The number of nitrogens with zero attached hydrogens (tertiary/aromatic N) is 3. The maximum atomic E-state index is 13.6. The van der Waals surface area contributed by atoms with Gasteiger partial charge in [-0.2, -0.15) is 14.0 Å². The van der Waals surface area contributed by atoms with Crippen molar-refractivity contribution < 1.29 is 44.3 Å². The van der Waals surface area contributed by atoms with E-state index < -0.39 is 11.8 Å². The Hall–Kier alpha value is -2.80. The Morgan fingerprint density at radius 2 is 1.62 bits per heavy atom. The molecular weight excluding hydrogens is 477 g/mol. The van der Waals surface area contributed by atoms with E-state index in [0.29, 0.717) is 33.3 Å². The number of hydrogen-bond acceptors (Lipinski definition) is 8. The topological polar surface area (TPSA) is 107 Å². The van der Waals surface area contributed by atoms with Crippen molar-refractivity contribution in [2.45, 2.75) is 11.3 Å². The summed E-state index contributed by atoms with van der Waals surface area (Å²) in [5, 5.41) is 21.4. The van der Waals surface area contributed by atoms with E-state index in [1.54, 1.807) is 66.4 Å². The fourth-order valence-corrected chi connectivity index (χ4v) is 4.38. The standard InChI is InChI=1S/C25H17N3O3S2.Na/c1-32-19-9-6-17(7-10-19)24(29)20(12-15-2-4-16(14-26)5-3-15)23(25(30)31)18-8-11-21-22(13-18)28-33-27-21;/h2-11,13H,12H2,1H3,(H,30,31);/q;+1/p-1. The minimum absolute atomic E-state index is 0. The Bertz CT molecular complexity index is 1420. The zero-order chi connectivity index (χ0) is 23.4. The fourth-order valence-electron chi connectivity index (χ4n) is 3.45. The number of aliphatic carboxylic acids is 1. The first-order valence-corrected chi connectivity index (χ1v) is 11.8. The third-order valence-corrected chi connectivity index (χ3v) is 6.44. The number of benzene rings is 3. The number of nitriles is 1. The summed E-state index contributed by atoms with van der Waals surface area (Å²) in [6.07, 6.45) is 2.00. The van der Waals surface area contributed by atoms with Crippen LogP contribution in [0.2, 0.25) is 0 Å². The summed E-state index contributed by atoms with van der Waals surface area (Å²) < 4.78 is 8.33. The van der Waals surface area contributed by atoms with Gasteiger partial charge in [-0.25, -0.2) is 0 Å². The molecule has 6 nitrogen and oxygen atoms in total. The van der Waals surface area contributed by atoms with E-state index in [1.165, 1.54) is 0 Å². The summed E-state index contributed by atoms with van der Waals surface area (Å²) >= 11 is 2.58. The second-order valence-corrected chi connectivity index (χ2v) is 8.56. The van der Waals surface area contributed by atoms with Crippen LogP contribution in [0.25, 0.3) is 16.6 Å². The van der Waals surface area contributed by atoms with Crippen LogP contribution < -0.4 is 34.7 Å². The minimum atomic E-state index is -1.45. The molecular formula is C25H16N3NaO3S2. The second-order valence-electron chi connectivity index (χ2n) is 7.15. The molecule has 1 heterocycles. The Morgan fingerprint density at radius 1 is 0.971 bits per heavy atom. The number of ketones is 1. The Balaban J connectivity index is 0.00000324. The van der Waals surface area contributed by atoms with Crippen LogP contribution in [0, 0.1) is 11.3 Å². The van der Waals surface area contributed by atoms with Crippen molar-refractivity contribution in [3.63, 3.8) is 0 Å². The summed E-state index contributed by atoms with van der Waals surface area (Å²) in [5.41, 5.74) is 2.99. The number of carboxylic acid groups (broad SMARTS) is 1. The first-order chi connectivity index (χ1) is 16.0. The van der Waals surface area contributed by atoms with Gasteiger partial charge in [0.2, 0.25) is 0 Å². The van der Waals surface area contributed by atoms with Crippen LogP contribution >= 0.6 is 23.5 Å². The predicted molar refractivity (Wildman–Crippen MR) is 127 cm³/mol. The molecule has 0 aliphatic carbocycles. The van der Waals surface area contributed by atoms with Crippen molar-refractivity contribution in [3.8, 4) is 6.07 Å². The van der Waals surface area contributed by atoms with Gasteiger partial charge in [-0.05, 0) is 65.9 Å². The van der Waals surface area contributed by atoms with Gasteiger partial charge in [0.1, 0.15) is 11.0 Å². The fraction of sp³-hybridized carbons (Fsp3) is 0.0800. The number of carbonyl (C=O) groups is 2. The van der Waals surface area contributed by atoms with Gasteiger partial charge in [0.25, 0.3) is 0 Å². The molecule has 0 amide bonds. The number of carbonyl (C=O) groups excluding carboxylic acids is 2. The molecule has 0 aliphatic heterocycles. The van der Waals surface area contributed by atoms with E-state index in [2.05, 4.69) is 14.8 Å². The quantitative estimate of drug-likeness (QED) is 0.163. The number of Topliss-reactive ketones (excluding diaryl/α,β-unsaturated/α-hetero) is 1. The molecule has 162 valence electrons. The molecule has 4 aromatic rings. The normalized spacial score (nSPS) is 11.3. The first kappa shape index (κ1) is 25.8. The van der Waals surface area contributed by atoms with Crippen LogP contribution in [0.5, 0.6) is 0 Å². The van der Waals surface area contributed by atoms with Crippen LogP contribution in [0.3, 0.4) is 0 Å². The van der Waals surface area contributed by atoms with Crippen LogP contribution in [0.15, 0.2) is 77.2 Å². The Morgan fingerprint density at radius 3 is 2.24 bits per heavy atom. The zero-order valence-corrected chi connectivity index (χ0v) is 22.1. The molecule has 0 N–H and O–H groups in total. The number of thioether (sulfide) groups is 1. The third-order valence-electron chi connectivity index (χ3n) is 5.14. The third kappa shape index (κ3) is 5.63. The van der Waals surface area contributed by atoms with Gasteiger partial charge < -0.3 is 9.90 Å². The first-order valence-electron chi connectivity index (χ1n) is 9.85. The molecule has 4 rings (SSSR count). The number of allylic oxidation sites excluding steroid dienone is 1. The van der Waals surface area contributed by atoms with Crippen LogP contribution in [0.4, 0.5) is 0 Å². The average Bonchev–Trinajstić information content (AvgIpc) is 3.31. The molecule has 0 atom stereocenters. The molecule has 34 heavy (non-hydrogen) atoms.